The van der Waals surface area contributed by atoms with Crippen LogP contribution in [0.5, 0.6) is 5.75 Å². The van der Waals surface area contributed by atoms with E-state index in [1.54, 1.807) is 29.2 Å². The number of nitriles is 1. The fraction of sp³-hybridized carbons (Fsp3) is 0.529. The number of benzene rings is 1. The van der Waals surface area contributed by atoms with Crippen LogP contribution in [0.25, 0.3) is 0 Å². The van der Waals surface area contributed by atoms with Crippen molar-refractivity contribution in [3.8, 4) is 11.8 Å². The number of carbonyl (C=O) groups excluding carboxylic acids is 1. The van der Waals surface area contributed by atoms with E-state index in [0.717, 1.165) is 19.6 Å². The van der Waals surface area contributed by atoms with E-state index in [0.29, 0.717) is 24.4 Å². The lowest BCUT2D eigenvalue weighted by Crippen LogP contribution is -2.49. The van der Waals surface area contributed by atoms with Crippen LogP contribution in [0.4, 0.5) is 4.79 Å². The second kappa shape index (κ2) is 8.40. The minimum Gasteiger partial charge on any atom is -0.410 e. The minimum atomic E-state index is -0.307. The molecule has 0 saturated carbocycles. The van der Waals surface area contributed by atoms with Crippen LogP contribution < -0.4 is 4.74 Å². The Morgan fingerprint density at radius 1 is 1.18 bits per heavy atom. The van der Waals surface area contributed by atoms with Crippen molar-refractivity contribution in [3.05, 3.63) is 29.8 Å². The lowest BCUT2D eigenvalue weighted by molar-refractivity contribution is 0.110. The first kappa shape index (κ1) is 16.3. The molecule has 0 unspecified atom stereocenters. The van der Waals surface area contributed by atoms with Crippen LogP contribution in [-0.4, -0.2) is 48.6 Å². The van der Waals surface area contributed by atoms with Gasteiger partial charge in [-0.2, -0.15) is 5.26 Å². The Bertz CT molecular complexity index is 514. The van der Waals surface area contributed by atoms with Crippen LogP contribution in [0.3, 0.4) is 0 Å². The van der Waals surface area contributed by atoms with Gasteiger partial charge in [-0.1, -0.05) is 19.8 Å². The SMILES string of the molecule is CCCCCN1CCN(C(=O)Oc2ccc(C#N)cc2)CC1. The lowest BCUT2D eigenvalue weighted by Gasteiger charge is -2.34. The zero-order valence-corrected chi connectivity index (χ0v) is 13.1. The molecule has 1 aliphatic heterocycles. The van der Waals surface area contributed by atoms with Crippen LogP contribution in [-0.2, 0) is 0 Å². The molecule has 5 heteroatoms. The summed E-state index contributed by atoms with van der Waals surface area (Å²) in [5.41, 5.74) is 0.556. The first-order valence-corrected chi connectivity index (χ1v) is 7.92. The van der Waals surface area contributed by atoms with Crippen molar-refractivity contribution in [3.63, 3.8) is 0 Å². The molecule has 0 spiro atoms. The van der Waals surface area contributed by atoms with Crippen LogP contribution in [0.15, 0.2) is 24.3 Å². The molecule has 0 bridgehead atoms. The Morgan fingerprint density at radius 2 is 1.86 bits per heavy atom. The summed E-state index contributed by atoms with van der Waals surface area (Å²) in [6.07, 6.45) is 3.42. The van der Waals surface area contributed by atoms with E-state index in [2.05, 4.69) is 11.8 Å². The molecule has 0 N–H and O–H groups in total. The third kappa shape index (κ3) is 4.74. The summed E-state index contributed by atoms with van der Waals surface area (Å²) in [6.45, 7) is 6.56. The largest absolute Gasteiger partial charge is 0.415 e. The Labute approximate surface area is 132 Å². The summed E-state index contributed by atoms with van der Waals surface area (Å²) in [5.74, 6) is 0.481. The number of hydrogen-bond donors (Lipinski definition) is 0. The number of unbranched alkanes of at least 4 members (excludes halogenated alkanes) is 2. The van der Waals surface area contributed by atoms with Crippen molar-refractivity contribution >= 4 is 6.09 Å². The molecule has 2 rings (SSSR count). The topological polar surface area (TPSA) is 56.6 Å². The van der Waals surface area contributed by atoms with Crippen molar-refractivity contribution in [2.45, 2.75) is 26.2 Å². The van der Waals surface area contributed by atoms with Gasteiger partial charge < -0.3 is 9.64 Å². The van der Waals surface area contributed by atoms with Gasteiger partial charge in [0.05, 0.1) is 11.6 Å². The van der Waals surface area contributed by atoms with Gasteiger partial charge in [0, 0.05) is 26.2 Å². The first-order chi connectivity index (χ1) is 10.7. The first-order valence-electron chi connectivity index (χ1n) is 7.92. The second-order valence-electron chi connectivity index (χ2n) is 5.54. The van der Waals surface area contributed by atoms with Gasteiger partial charge in [-0.25, -0.2) is 4.79 Å². The standard InChI is InChI=1S/C17H23N3O2/c1-2-3-4-9-19-10-12-20(13-11-19)17(21)22-16-7-5-15(14-18)6-8-16/h5-8H,2-4,9-13H2,1H3. The molecule has 1 aromatic rings. The van der Waals surface area contributed by atoms with Crippen molar-refractivity contribution in [2.24, 2.45) is 0 Å². The Balaban J connectivity index is 1.76. The molecule has 1 aliphatic rings. The average molecular weight is 301 g/mol. The highest BCUT2D eigenvalue weighted by Crippen LogP contribution is 2.14. The molecule has 0 atom stereocenters. The molecule has 1 heterocycles. The maximum atomic E-state index is 12.1. The minimum absolute atomic E-state index is 0.307. The van der Waals surface area contributed by atoms with Gasteiger partial charge in [-0.05, 0) is 37.2 Å². The number of nitrogens with zero attached hydrogens (tertiary/aromatic N) is 3. The van der Waals surface area contributed by atoms with E-state index < -0.39 is 0 Å². The molecular formula is C17H23N3O2. The van der Waals surface area contributed by atoms with E-state index >= 15 is 0 Å². The van der Waals surface area contributed by atoms with Gasteiger partial charge in [0.15, 0.2) is 0 Å². The molecule has 22 heavy (non-hydrogen) atoms. The summed E-state index contributed by atoms with van der Waals surface area (Å²) >= 11 is 0. The fourth-order valence-electron chi connectivity index (χ4n) is 2.50. The Hall–Kier alpha value is -2.06. The normalized spacial score (nSPS) is 15.4. The summed E-state index contributed by atoms with van der Waals surface area (Å²) in [6, 6.07) is 8.63. The quantitative estimate of drug-likeness (QED) is 0.785. The second-order valence-corrected chi connectivity index (χ2v) is 5.54. The number of amides is 1. The van der Waals surface area contributed by atoms with Crippen molar-refractivity contribution in [1.29, 1.82) is 5.26 Å². The number of ether oxygens (including phenoxy) is 1. The maximum Gasteiger partial charge on any atom is 0.415 e. The molecule has 1 amide bonds. The van der Waals surface area contributed by atoms with Gasteiger partial charge in [0.25, 0.3) is 0 Å². The highest BCUT2D eigenvalue weighted by atomic mass is 16.6. The number of piperazine rings is 1. The zero-order chi connectivity index (χ0) is 15.8. The van der Waals surface area contributed by atoms with Crippen LogP contribution >= 0.6 is 0 Å². The van der Waals surface area contributed by atoms with Gasteiger partial charge in [-0.3, -0.25) is 4.90 Å². The number of carbonyl (C=O) groups is 1. The molecule has 118 valence electrons. The van der Waals surface area contributed by atoms with Crippen molar-refractivity contribution in [2.75, 3.05) is 32.7 Å². The Morgan fingerprint density at radius 3 is 2.45 bits per heavy atom. The molecule has 0 aromatic heterocycles. The monoisotopic (exact) mass is 301 g/mol. The average Bonchev–Trinajstić information content (AvgIpc) is 2.56. The Kier molecular flexibility index (Phi) is 6.23. The van der Waals surface area contributed by atoms with E-state index in [1.165, 1.54) is 19.3 Å². The lowest BCUT2D eigenvalue weighted by atomic mass is 10.2. The van der Waals surface area contributed by atoms with Gasteiger partial charge >= 0.3 is 6.09 Å². The molecular weight excluding hydrogens is 278 g/mol. The van der Waals surface area contributed by atoms with Crippen molar-refractivity contribution < 1.29 is 9.53 Å². The third-order valence-electron chi connectivity index (χ3n) is 3.90. The van der Waals surface area contributed by atoms with E-state index in [1.807, 2.05) is 6.07 Å². The summed E-state index contributed by atoms with van der Waals surface area (Å²) in [7, 11) is 0. The van der Waals surface area contributed by atoms with Crippen LogP contribution in [0.1, 0.15) is 31.7 Å². The van der Waals surface area contributed by atoms with Gasteiger partial charge in [0.1, 0.15) is 5.75 Å². The summed E-state index contributed by atoms with van der Waals surface area (Å²) in [5, 5.41) is 8.75. The predicted octanol–water partition coefficient (Wildman–Crippen LogP) is 2.86. The maximum absolute atomic E-state index is 12.1. The number of hydrogen-bond acceptors (Lipinski definition) is 4. The van der Waals surface area contributed by atoms with Crippen molar-refractivity contribution in [1.82, 2.24) is 9.80 Å². The van der Waals surface area contributed by atoms with Crippen LogP contribution in [0.2, 0.25) is 0 Å². The van der Waals surface area contributed by atoms with Crippen LogP contribution in [0, 0.1) is 11.3 Å². The highest BCUT2D eigenvalue weighted by Gasteiger charge is 2.22. The summed E-state index contributed by atoms with van der Waals surface area (Å²) in [4.78, 5) is 16.3. The van der Waals surface area contributed by atoms with E-state index in [9.17, 15) is 4.79 Å². The third-order valence-corrected chi connectivity index (χ3v) is 3.90. The summed E-state index contributed by atoms with van der Waals surface area (Å²) < 4.78 is 5.35. The number of rotatable bonds is 5. The molecule has 5 nitrogen and oxygen atoms in total. The molecule has 0 radical (unpaired) electrons. The predicted molar refractivity (Wildman–Crippen MR) is 84.7 cm³/mol. The smallest absolute Gasteiger partial charge is 0.410 e. The molecule has 1 aromatic carbocycles. The fourth-order valence-corrected chi connectivity index (χ4v) is 2.50. The van der Waals surface area contributed by atoms with Gasteiger partial charge in [0.2, 0.25) is 0 Å². The molecule has 0 aliphatic carbocycles. The van der Waals surface area contributed by atoms with E-state index in [4.69, 9.17) is 10.00 Å². The van der Waals surface area contributed by atoms with E-state index in [-0.39, 0.29) is 6.09 Å². The zero-order valence-electron chi connectivity index (χ0n) is 13.1. The van der Waals surface area contributed by atoms with Gasteiger partial charge in [-0.15, -0.1) is 0 Å². The highest BCUT2D eigenvalue weighted by molar-refractivity contribution is 5.70. The molecule has 1 saturated heterocycles. The molecule has 1 fully saturated rings.